The number of ether oxygens (including phenoxy) is 2. The smallest absolute Gasteiger partial charge is 0.126 e. The molecule has 0 spiro atoms. The molecule has 0 unspecified atom stereocenters. The average Bonchev–Trinajstić information content (AvgIpc) is 3.02. The van der Waals surface area contributed by atoms with Crippen LogP contribution in [0.15, 0.2) is 48.5 Å². The molecule has 0 heterocycles. The molecule has 2 aromatic carbocycles. The molecule has 0 bridgehead atoms. The highest BCUT2D eigenvalue weighted by Gasteiger charge is 2.35. The summed E-state index contributed by atoms with van der Waals surface area (Å²) in [5, 5.41) is 9.37. The first-order valence-corrected chi connectivity index (χ1v) is 8.59. The largest absolute Gasteiger partial charge is 0.490 e. The summed E-state index contributed by atoms with van der Waals surface area (Å²) in [4.78, 5) is 0. The van der Waals surface area contributed by atoms with Gasteiger partial charge in [-0.2, -0.15) is 0 Å². The zero-order valence-electron chi connectivity index (χ0n) is 14.2. The fraction of sp³-hybridized carbons (Fsp3) is 0.400. The molecule has 1 saturated carbocycles. The van der Waals surface area contributed by atoms with Crippen molar-refractivity contribution in [3.05, 3.63) is 59.9 Å². The second-order valence-electron chi connectivity index (χ2n) is 6.68. The predicted octanol–water partition coefficient (Wildman–Crippen LogP) is 3.24. The molecule has 5 heteroatoms. The molecule has 1 aliphatic rings. The summed E-state index contributed by atoms with van der Waals surface area (Å²) in [6, 6.07) is 14.0. The van der Waals surface area contributed by atoms with Crippen molar-refractivity contribution in [2.45, 2.75) is 30.7 Å². The van der Waals surface area contributed by atoms with Crippen LogP contribution in [0.1, 0.15) is 30.7 Å². The fourth-order valence-electron chi connectivity index (χ4n) is 3.30. The molecule has 1 fully saturated rings. The van der Waals surface area contributed by atoms with Gasteiger partial charge >= 0.3 is 0 Å². The summed E-state index contributed by atoms with van der Waals surface area (Å²) in [5.74, 6) is 1.34. The summed E-state index contributed by atoms with van der Waals surface area (Å²) in [6.45, 7) is 0.770. The number of hydrogen-bond acceptors (Lipinski definition) is 4. The van der Waals surface area contributed by atoms with E-state index in [0.29, 0.717) is 24.9 Å². The van der Waals surface area contributed by atoms with E-state index >= 15 is 0 Å². The number of nitrogens with two attached hydrogens (primary N) is 1. The van der Waals surface area contributed by atoms with Gasteiger partial charge in [-0.05, 0) is 55.0 Å². The Kier molecular flexibility index (Phi) is 5.56. The van der Waals surface area contributed by atoms with Crippen molar-refractivity contribution < 1.29 is 19.0 Å². The quantitative estimate of drug-likeness (QED) is 0.756. The maximum Gasteiger partial charge on any atom is 0.126 e. The molecule has 134 valence electrons. The second-order valence-corrected chi connectivity index (χ2v) is 6.68. The van der Waals surface area contributed by atoms with Gasteiger partial charge in [0.25, 0.3) is 0 Å². The minimum atomic E-state index is -0.436. The first kappa shape index (κ1) is 17.7. The first-order chi connectivity index (χ1) is 12.1. The van der Waals surface area contributed by atoms with Gasteiger partial charge in [0, 0.05) is 11.6 Å². The molecule has 0 saturated heterocycles. The van der Waals surface area contributed by atoms with Gasteiger partial charge in [-0.1, -0.05) is 18.2 Å². The molecule has 0 amide bonds. The van der Waals surface area contributed by atoms with Gasteiger partial charge in [0.15, 0.2) is 0 Å². The molecular formula is C20H24FNO3. The summed E-state index contributed by atoms with van der Waals surface area (Å²) in [5.41, 5.74) is 6.93. The van der Waals surface area contributed by atoms with Crippen molar-refractivity contribution >= 4 is 0 Å². The molecule has 2 atom stereocenters. The molecule has 0 aliphatic heterocycles. The molecule has 3 N–H and O–H groups in total. The van der Waals surface area contributed by atoms with E-state index < -0.39 is 5.54 Å². The molecular weight excluding hydrogens is 321 g/mol. The van der Waals surface area contributed by atoms with E-state index in [4.69, 9.17) is 15.2 Å². The third kappa shape index (κ3) is 4.71. The van der Waals surface area contributed by atoms with Crippen LogP contribution >= 0.6 is 0 Å². The van der Waals surface area contributed by atoms with Crippen LogP contribution < -0.4 is 15.2 Å². The zero-order chi connectivity index (χ0) is 17.7. The van der Waals surface area contributed by atoms with Gasteiger partial charge in [-0.25, -0.2) is 4.39 Å². The van der Waals surface area contributed by atoms with Crippen molar-refractivity contribution in [2.75, 3.05) is 19.8 Å². The normalized spacial score (nSPS) is 22.8. The van der Waals surface area contributed by atoms with Crippen LogP contribution in [0.4, 0.5) is 4.39 Å². The lowest BCUT2D eigenvalue weighted by atomic mass is 9.94. The monoisotopic (exact) mass is 345 g/mol. The summed E-state index contributed by atoms with van der Waals surface area (Å²) >= 11 is 0. The zero-order valence-corrected chi connectivity index (χ0v) is 14.2. The Labute approximate surface area is 147 Å². The van der Waals surface area contributed by atoms with Gasteiger partial charge in [-0.15, -0.1) is 0 Å². The van der Waals surface area contributed by atoms with E-state index in [-0.39, 0.29) is 12.4 Å². The minimum absolute atomic E-state index is 0.0377. The Morgan fingerprint density at radius 1 is 1.08 bits per heavy atom. The Bertz CT molecular complexity index is 692. The van der Waals surface area contributed by atoms with Gasteiger partial charge in [0.05, 0.1) is 6.61 Å². The van der Waals surface area contributed by atoms with Crippen molar-refractivity contribution in [3.63, 3.8) is 0 Å². The highest BCUT2D eigenvalue weighted by molar-refractivity contribution is 5.30. The maximum absolute atomic E-state index is 13.0. The van der Waals surface area contributed by atoms with Crippen LogP contribution in [0, 0.1) is 5.82 Å². The predicted molar refractivity (Wildman–Crippen MR) is 94.4 cm³/mol. The van der Waals surface area contributed by atoms with Crippen molar-refractivity contribution in [1.29, 1.82) is 0 Å². The maximum atomic E-state index is 13.0. The van der Waals surface area contributed by atoms with Gasteiger partial charge in [0.1, 0.15) is 30.5 Å². The molecule has 2 aromatic rings. The van der Waals surface area contributed by atoms with Gasteiger partial charge in [0.2, 0.25) is 0 Å². The van der Waals surface area contributed by atoms with Crippen LogP contribution in [0.5, 0.6) is 11.5 Å². The lowest BCUT2D eigenvalue weighted by Gasteiger charge is -2.21. The fourth-order valence-corrected chi connectivity index (χ4v) is 3.30. The average molecular weight is 345 g/mol. The summed E-state index contributed by atoms with van der Waals surface area (Å²) in [7, 11) is 0. The lowest BCUT2D eigenvalue weighted by molar-refractivity contribution is 0.198. The Hall–Kier alpha value is -2.11. The Morgan fingerprint density at radius 3 is 2.44 bits per heavy atom. The van der Waals surface area contributed by atoms with Crippen LogP contribution in [0.2, 0.25) is 0 Å². The van der Waals surface area contributed by atoms with Gasteiger partial charge in [-0.3, -0.25) is 0 Å². The van der Waals surface area contributed by atoms with E-state index in [1.165, 1.54) is 17.7 Å². The van der Waals surface area contributed by atoms with E-state index in [2.05, 4.69) is 12.1 Å². The van der Waals surface area contributed by atoms with E-state index in [1.54, 1.807) is 12.1 Å². The van der Waals surface area contributed by atoms with Crippen LogP contribution in [-0.4, -0.2) is 30.5 Å². The molecule has 25 heavy (non-hydrogen) atoms. The molecule has 0 radical (unpaired) electrons. The summed E-state index contributed by atoms with van der Waals surface area (Å²) < 4.78 is 24.1. The first-order valence-electron chi connectivity index (χ1n) is 8.59. The molecule has 3 rings (SSSR count). The highest BCUT2D eigenvalue weighted by Crippen LogP contribution is 2.39. The number of hydrogen-bond donors (Lipinski definition) is 2. The molecule has 4 nitrogen and oxygen atoms in total. The third-order valence-corrected chi connectivity index (χ3v) is 4.73. The number of halogens is 1. The van der Waals surface area contributed by atoms with Crippen molar-refractivity contribution in [1.82, 2.24) is 0 Å². The van der Waals surface area contributed by atoms with Crippen LogP contribution in [0.25, 0.3) is 0 Å². The van der Waals surface area contributed by atoms with E-state index in [9.17, 15) is 9.50 Å². The topological polar surface area (TPSA) is 64.7 Å². The third-order valence-electron chi connectivity index (χ3n) is 4.73. The van der Waals surface area contributed by atoms with Crippen molar-refractivity contribution in [3.8, 4) is 11.5 Å². The van der Waals surface area contributed by atoms with Crippen LogP contribution in [-0.2, 0) is 0 Å². The molecule has 0 aromatic heterocycles. The minimum Gasteiger partial charge on any atom is -0.490 e. The standard InChI is InChI=1S/C20H24FNO3/c21-17-2-1-3-19(12-17)25-11-10-24-18-6-4-15(5-7-18)16-8-9-20(22,13-16)14-23/h1-7,12,16,23H,8-11,13-14,22H2/t16-,20+/m1/s1. The highest BCUT2D eigenvalue weighted by atomic mass is 19.1. The summed E-state index contributed by atoms with van der Waals surface area (Å²) in [6.07, 6.45) is 2.66. The molecule has 1 aliphatic carbocycles. The Morgan fingerprint density at radius 2 is 1.80 bits per heavy atom. The van der Waals surface area contributed by atoms with E-state index in [0.717, 1.165) is 25.0 Å². The number of aliphatic hydroxyl groups excluding tert-OH is 1. The van der Waals surface area contributed by atoms with Crippen LogP contribution in [0.3, 0.4) is 0 Å². The lowest BCUT2D eigenvalue weighted by Crippen LogP contribution is -2.40. The van der Waals surface area contributed by atoms with Crippen molar-refractivity contribution in [2.24, 2.45) is 5.73 Å². The van der Waals surface area contributed by atoms with E-state index in [1.807, 2.05) is 12.1 Å². The second kappa shape index (κ2) is 7.85. The SMILES string of the molecule is N[C@@]1(CO)CC[C@@H](c2ccc(OCCOc3cccc(F)c3)cc2)C1. The number of rotatable bonds is 7. The Balaban J connectivity index is 1.45. The number of benzene rings is 2. The van der Waals surface area contributed by atoms with Gasteiger partial charge < -0.3 is 20.3 Å². The number of aliphatic hydroxyl groups is 1.